The first-order valence-electron chi connectivity index (χ1n) is 5.78. The number of nitrogens with one attached hydrogen (secondary N) is 1. The van der Waals surface area contributed by atoms with Gasteiger partial charge in [-0.05, 0) is 38.7 Å². The third kappa shape index (κ3) is 6.66. The van der Waals surface area contributed by atoms with Crippen LogP contribution in [0, 0.1) is 0 Å². The molecular formula is C11H24N2OS. The third-order valence-electron chi connectivity index (χ3n) is 2.32. The van der Waals surface area contributed by atoms with Crippen molar-refractivity contribution in [3.63, 3.8) is 0 Å². The quantitative estimate of drug-likeness (QED) is 0.684. The molecule has 0 fully saturated rings. The molecule has 1 unspecified atom stereocenters. The molecule has 0 rings (SSSR count). The SMILES string of the molecule is CCSCCC(C)NC(=O)N(CC)CC. The second kappa shape index (κ2) is 8.89. The van der Waals surface area contributed by atoms with Crippen LogP contribution in [-0.4, -0.2) is 41.6 Å². The lowest BCUT2D eigenvalue weighted by Crippen LogP contribution is -2.43. The van der Waals surface area contributed by atoms with Gasteiger partial charge in [0, 0.05) is 19.1 Å². The predicted octanol–water partition coefficient (Wildman–Crippen LogP) is 2.57. The van der Waals surface area contributed by atoms with Crippen molar-refractivity contribution in [3.05, 3.63) is 0 Å². The van der Waals surface area contributed by atoms with Crippen LogP contribution in [0.3, 0.4) is 0 Å². The van der Waals surface area contributed by atoms with Crippen LogP contribution in [0.15, 0.2) is 0 Å². The summed E-state index contributed by atoms with van der Waals surface area (Å²) in [6.07, 6.45) is 1.05. The highest BCUT2D eigenvalue weighted by molar-refractivity contribution is 7.99. The van der Waals surface area contributed by atoms with Crippen LogP contribution in [0.5, 0.6) is 0 Å². The fourth-order valence-corrected chi connectivity index (χ4v) is 2.10. The van der Waals surface area contributed by atoms with E-state index in [9.17, 15) is 4.79 Å². The summed E-state index contributed by atoms with van der Waals surface area (Å²) in [7, 11) is 0. The summed E-state index contributed by atoms with van der Waals surface area (Å²) in [6.45, 7) is 9.78. The van der Waals surface area contributed by atoms with Crippen LogP contribution in [0.2, 0.25) is 0 Å². The molecule has 15 heavy (non-hydrogen) atoms. The molecule has 0 aromatic heterocycles. The first kappa shape index (κ1) is 14.6. The number of nitrogens with zero attached hydrogens (tertiary/aromatic N) is 1. The third-order valence-corrected chi connectivity index (χ3v) is 3.25. The lowest BCUT2D eigenvalue weighted by molar-refractivity contribution is 0.199. The van der Waals surface area contributed by atoms with E-state index in [0.29, 0.717) is 0 Å². The molecule has 2 amide bonds. The normalized spacial score (nSPS) is 12.3. The van der Waals surface area contributed by atoms with Crippen molar-refractivity contribution in [2.24, 2.45) is 0 Å². The molecule has 4 heteroatoms. The van der Waals surface area contributed by atoms with E-state index in [2.05, 4.69) is 19.2 Å². The van der Waals surface area contributed by atoms with E-state index in [1.807, 2.05) is 30.5 Å². The summed E-state index contributed by atoms with van der Waals surface area (Å²) in [6, 6.07) is 0.339. The van der Waals surface area contributed by atoms with E-state index in [-0.39, 0.29) is 12.1 Å². The summed E-state index contributed by atoms with van der Waals surface area (Å²) in [5.74, 6) is 2.27. The van der Waals surface area contributed by atoms with Gasteiger partial charge in [-0.25, -0.2) is 4.79 Å². The largest absolute Gasteiger partial charge is 0.336 e. The van der Waals surface area contributed by atoms with Gasteiger partial charge in [-0.15, -0.1) is 0 Å². The maximum Gasteiger partial charge on any atom is 0.317 e. The zero-order chi connectivity index (χ0) is 11.7. The Kier molecular flexibility index (Phi) is 8.67. The fourth-order valence-electron chi connectivity index (χ4n) is 1.29. The summed E-state index contributed by atoms with van der Waals surface area (Å²) < 4.78 is 0. The highest BCUT2D eigenvalue weighted by Gasteiger charge is 2.11. The second-order valence-corrected chi connectivity index (χ2v) is 4.90. The zero-order valence-electron chi connectivity index (χ0n) is 10.4. The summed E-state index contributed by atoms with van der Waals surface area (Å²) >= 11 is 1.92. The molecule has 0 aliphatic rings. The van der Waals surface area contributed by atoms with Gasteiger partial charge in [0.25, 0.3) is 0 Å². The second-order valence-electron chi connectivity index (χ2n) is 3.51. The highest BCUT2D eigenvalue weighted by Crippen LogP contribution is 2.04. The Morgan fingerprint density at radius 1 is 1.33 bits per heavy atom. The number of carbonyl (C=O) groups is 1. The number of carbonyl (C=O) groups excluding carboxylic acids is 1. The molecule has 0 spiro atoms. The highest BCUT2D eigenvalue weighted by atomic mass is 32.2. The molecule has 1 atom stereocenters. The summed E-state index contributed by atoms with van der Waals surface area (Å²) in [4.78, 5) is 13.5. The van der Waals surface area contributed by atoms with Gasteiger partial charge < -0.3 is 10.2 Å². The molecule has 0 radical (unpaired) electrons. The minimum atomic E-state index is 0.0639. The maximum atomic E-state index is 11.7. The van der Waals surface area contributed by atoms with Crippen molar-refractivity contribution in [2.75, 3.05) is 24.6 Å². The first-order valence-corrected chi connectivity index (χ1v) is 6.94. The van der Waals surface area contributed by atoms with Crippen LogP contribution >= 0.6 is 11.8 Å². The topological polar surface area (TPSA) is 32.3 Å². The number of amides is 2. The van der Waals surface area contributed by atoms with Gasteiger partial charge in [0.2, 0.25) is 0 Å². The fraction of sp³-hybridized carbons (Fsp3) is 0.909. The molecule has 0 aromatic rings. The number of urea groups is 1. The van der Waals surface area contributed by atoms with Gasteiger partial charge in [0.05, 0.1) is 0 Å². The van der Waals surface area contributed by atoms with Crippen molar-refractivity contribution in [2.45, 2.75) is 40.2 Å². The molecule has 1 N–H and O–H groups in total. The van der Waals surface area contributed by atoms with Crippen LogP contribution < -0.4 is 5.32 Å². The molecule has 0 heterocycles. The van der Waals surface area contributed by atoms with Crippen LogP contribution in [-0.2, 0) is 0 Å². The average molecular weight is 232 g/mol. The number of hydrogen-bond acceptors (Lipinski definition) is 2. The first-order chi connectivity index (χ1) is 7.15. The van der Waals surface area contributed by atoms with Crippen molar-refractivity contribution in [1.29, 1.82) is 0 Å². The minimum absolute atomic E-state index is 0.0639. The predicted molar refractivity (Wildman–Crippen MR) is 68.5 cm³/mol. The van der Waals surface area contributed by atoms with E-state index in [1.165, 1.54) is 0 Å². The van der Waals surface area contributed by atoms with E-state index in [4.69, 9.17) is 0 Å². The Hall–Kier alpha value is -0.380. The van der Waals surface area contributed by atoms with Crippen molar-refractivity contribution >= 4 is 17.8 Å². The molecule has 0 aliphatic heterocycles. The molecule has 0 aromatic carbocycles. The Labute approximate surface area is 98.0 Å². The average Bonchev–Trinajstić information content (AvgIpc) is 2.20. The Morgan fingerprint density at radius 2 is 1.93 bits per heavy atom. The smallest absolute Gasteiger partial charge is 0.317 e. The van der Waals surface area contributed by atoms with Gasteiger partial charge in [0.1, 0.15) is 0 Å². The molecule has 3 nitrogen and oxygen atoms in total. The molecule has 90 valence electrons. The van der Waals surface area contributed by atoms with E-state index < -0.39 is 0 Å². The molecule has 0 saturated carbocycles. The lowest BCUT2D eigenvalue weighted by Gasteiger charge is -2.22. The number of thioether (sulfide) groups is 1. The van der Waals surface area contributed by atoms with E-state index >= 15 is 0 Å². The summed E-state index contributed by atoms with van der Waals surface area (Å²) in [5, 5.41) is 3.01. The van der Waals surface area contributed by atoms with Gasteiger partial charge in [-0.3, -0.25) is 0 Å². The van der Waals surface area contributed by atoms with Gasteiger partial charge in [0.15, 0.2) is 0 Å². The van der Waals surface area contributed by atoms with Crippen molar-refractivity contribution in [1.82, 2.24) is 10.2 Å². The Morgan fingerprint density at radius 3 is 2.40 bits per heavy atom. The van der Waals surface area contributed by atoms with Gasteiger partial charge in [-0.2, -0.15) is 11.8 Å². The molecule has 0 bridgehead atoms. The Balaban J connectivity index is 3.74. The summed E-state index contributed by atoms with van der Waals surface area (Å²) in [5.41, 5.74) is 0. The van der Waals surface area contributed by atoms with E-state index in [0.717, 1.165) is 31.0 Å². The lowest BCUT2D eigenvalue weighted by atomic mass is 10.3. The monoisotopic (exact) mass is 232 g/mol. The van der Waals surface area contributed by atoms with E-state index in [1.54, 1.807) is 0 Å². The van der Waals surface area contributed by atoms with Crippen LogP contribution in [0.25, 0.3) is 0 Å². The zero-order valence-corrected chi connectivity index (χ0v) is 11.2. The molecular weight excluding hydrogens is 208 g/mol. The Bertz CT molecular complexity index is 172. The van der Waals surface area contributed by atoms with Gasteiger partial charge in [-0.1, -0.05) is 6.92 Å². The van der Waals surface area contributed by atoms with Gasteiger partial charge >= 0.3 is 6.03 Å². The maximum absolute atomic E-state index is 11.7. The van der Waals surface area contributed by atoms with Crippen LogP contribution in [0.1, 0.15) is 34.1 Å². The number of rotatable bonds is 7. The standard InChI is InChI=1S/C11H24N2OS/c1-5-13(6-2)11(14)12-10(4)8-9-15-7-3/h10H,5-9H2,1-4H3,(H,12,14). The number of hydrogen-bond donors (Lipinski definition) is 1. The van der Waals surface area contributed by atoms with Crippen molar-refractivity contribution < 1.29 is 4.79 Å². The van der Waals surface area contributed by atoms with Crippen molar-refractivity contribution in [3.8, 4) is 0 Å². The van der Waals surface area contributed by atoms with Crippen LogP contribution in [0.4, 0.5) is 4.79 Å². The molecule has 0 aliphatic carbocycles. The minimum Gasteiger partial charge on any atom is -0.336 e. The molecule has 0 saturated heterocycles.